The van der Waals surface area contributed by atoms with Crippen molar-refractivity contribution in [2.75, 3.05) is 17.7 Å². The van der Waals surface area contributed by atoms with Gasteiger partial charge in [-0.05, 0) is 25.5 Å². The van der Waals surface area contributed by atoms with Gasteiger partial charge < -0.3 is 10.6 Å². The van der Waals surface area contributed by atoms with Crippen molar-refractivity contribution in [1.82, 2.24) is 9.97 Å². The Labute approximate surface area is 114 Å². The number of anilines is 3. The maximum atomic E-state index is 4.57. The molecule has 100 valence electrons. The van der Waals surface area contributed by atoms with Crippen molar-refractivity contribution in [2.24, 2.45) is 0 Å². The molecule has 2 N–H and O–H groups in total. The Hall–Kier alpha value is -2.10. The Kier molecular flexibility index (Phi) is 4.00. The lowest BCUT2D eigenvalue weighted by molar-refractivity contribution is 0.935. The van der Waals surface area contributed by atoms with E-state index in [1.54, 1.807) is 0 Å². The van der Waals surface area contributed by atoms with Crippen LogP contribution < -0.4 is 10.6 Å². The number of nitrogens with one attached hydrogen (secondary N) is 2. The molecule has 0 bridgehead atoms. The van der Waals surface area contributed by atoms with E-state index in [1.807, 2.05) is 26.1 Å². The summed E-state index contributed by atoms with van der Waals surface area (Å²) in [6.45, 7) is 6.16. The fourth-order valence-corrected chi connectivity index (χ4v) is 1.93. The molecule has 0 fully saturated rings. The molecule has 1 aromatic carbocycles. The van der Waals surface area contributed by atoms with Crippen molar-refractivity contribution >= 4 is 17.3 Å². The number of para-hydroxylation sites is 1. The second-order valence-corrected chi connectivity index (χ2v) is 4.51. The van der Waals surface area contributed by atoms with E-state index < -0.39 is 0 Å². The summed E-state index contributed by atoms with van der Waals surface area (Å²) in [6.07, 6.45) is 0.817. The molecule has 0 radical (unpaired) electrons. The fraction of sp³-hybridized carbons (Fsp3) is 0.333. The minimum Gasteiger partial charge on any atom is -0.373 e. The van der Waals surface area contributed by atoms with Gasteiger partial charge >= 0.3 is 0 Å². The van der Waals surface area contributed by atoms with E-state index in [4.69, 9.17) is 0 Å². The molecule has 4 heteroatoms. The largest absolute Gasteiger partial charge is 0.373 e. The highest BCUT2D eigenvalue weighted by atomic mass is 15.1. The van der Waals surface area contributed by atoms with Gasteiger partial charge in [-0.25, -0.2) is 9.97 Å². The van der Waals surface area contributed by atoms with E-state index in [1.165, 1.54) is 5.56 Å². The molecule has 19 heavy (non-hydrogen) atoms. The molecular formula is C15H20N4. The fourth-order valence-electron chi connectivity index (χ4n) is 1.93. The molecule has 0 aliphatic carbocycles. The van der Waals surface area contributed by atoms with Crippen LogP contribution in [0.3, 0.4) is 0 Å². The van der Waals surface area contributed by atoms with E-state index in [2.05, 4.69) is 46.6 Å². The number of rotatable bonds is 4. The summed E-state index contributed by atoms with van der Waals surface area (Å²) in [4.78, 5) is 9.05. The molecule has 4 nitrogen and oxygen atoms in total. The number of hydrogen-bond donors (Lipinski definition) is 2. The van der Waals surface area contributed by atoms with Gasteiger partial charge in [0.15, 0.2) is 0 Å². The lowest BCUT2D eigenvalue weighted by atomic mass is 10.2. The van der Waals surface area contributed by atoms with Gasteiger partial charge in [-0.15, -0.1) is 0 Å². The second-order valence-electron chi connectivity index (χ2n) is 4.51. The van der Waals surface area contributed by atoms with Crippen molar-refractivity contribution in [3.63, 3.8) is 0 Å². The summed E-state index contributed by atoms with van der Waals surface area (Å²) in [5.41, 5.74) is 3.31. The maximum absolute atomic E-state index is 4.57. The number of hydrogen-bond acceptors (Lipinski definition) is 4. The first-order valence-electron chi connectivity index (χ1n) is 6.53. The minimum atomic E-state index is 0.817. The van der Waals surface area contributed by atoms with Crippen LogP contribution in [-0.2, 0) is 6.42 Å². The predicted molar refractivity (Wildman–Crippen MR) is 80.2 cm³/mol. The van der Waals surface area contributed by atoms with Crippen LogP contribution in [0.5, 0.6) is 0 Å². The zero-order valence-corrected chi connectivity index (χ0v) is 11.9. The molecule has 0 unspecified atom stereocenters. The zero-order chi connectivity index (χ0) is 13.8. The van der Waals surface area contributed by atoms with E-state index in [9.17, 15) is 0 Å². The normalized spacial score (nSPS) is 10.3. The van der Waals surface area contributed by atoms with Gasteiger partial charge in [-0.1, -0.05) is 25.1 Å². The molecule has 0 spiro atoms. The molecule has 1 aromatic heterocycles. The first kappa shape index (κ1) is 13.3. The van der Waals surface area contributed by atoms with Gasteiger partial charge in [-0.2, -0.15) is 0 Å². The summed E-state index contributed by atoms with van der Waals surface area (Å²) in [7, 11) is 1.88. The molecule has 2 aromatic rings. The Morgan fingerprint density at radius 1 is 1.05 bits per heavy atom. The third-order valence-electron chi connectivity index (χ3n) is 3.14. The van der Waals surface area contributed by atoms with Crippen LogP contribution in [0.15, 0.2) is 24.3 Å². The van der Waals surface area contributed by atoms with Crippen molar-refractivity contribution in [1.29, 1.82) is 0 Å². The maximum Gasteiger partial charge on any atom is 0.139 e. The molecule has 0 amide bonds. The van der Waals surface area contributed by atoms with Crippen LogP contribution in [0.4, 0.5) is 17.3 Å². The highest BCUT2D eigenvalue weighted by Crippen LogP contribution is 2.25. The average Bonchev–Trinajstić information content (AvgIpc) is 2.43. The summed E-state index contributed by atoms with van der Waals surface area (Å²) in [5, 5.41) is 6.52. The third-order valence-corrected chi connectivity index (χ3v) is 3.14. The van der Waals surface area contributed by atoms with Crippen LogP contribution in [0.25, 0.3) is 0 Å². The molecule has 0 saturated carbocycles. The Balaban J connectivity index is 2.42. The van der Waals surface area contributed by atoms with Crippen LogP contribution in [0, 0.1) is 13.8 Å². The molecule has 1 heterocycles. The van der Waals surface area contributed by atoms with Crippen LogP contribution in [0.2, 0.25) is 0 Å². The molecule has 2 rings (SSSR count). The number of aromatic nitrogens is 2. The van der Waals surface area contributed by atoms with Gasteiger partial charge in [0.05, 0.1) is 0 Å². The number of nitrogens with zero attached hydrogens (tertiary/aromatic N) is 2. The quantitative estimate of drug-likeness (QED) is 0.879. The SMILES string of the molecule is CCc1nc(NC)c(C)c(Nc2ccccc2C)n1. The minimum absolute atomic E-state index is 0.817. The number of benzene rings is 1. The van der Waals surface area contributed by atoms with Gasteiger partial charge in [0.2, 0.25) is 0 Å². The van der Waals surface area contributed by atoms with E-state index >= 15 is 0 Å². The molecule has 0 saturated heterocycles. The van der Waals surface area contributed by atoms with Crippen LogP contribution >= 0.6 is 0 Å². The first-order valence-corrected chi connectivity index (χ1v) is 6.53. The molecule has 0 aliphatic heterocycles. The van der Waals surface area contributed by atoms with Crippen molar-refractivity contribution in [3.05, 3.63) is 41.2 Å². The van der Waals surface area contributed by atoms with Gasteiger partial charge in [0, 0.05) is 24.7 Å². The lowest BCUT2D eigenvalue weighted by Crippen LogP contribution is -2.07. The van der Waals surface area contributed by atoms with Gasteiger partial charge in [0.1, 0.15) is 17.5 Å². The Morgan fingerprint density at radius 3 is 2.37 bits per heavy atom. The summed E-state index contributed by atoms with van der Waals surface area (Å²) in [6, 6.07) is 8.19. The molecule has 0 atom stereocenters. The van der Waals surface area contributed by atoms with Gasteiger partial charge in [0.25, 0.3) is 0 Å². The second kappa shape index (κ2) is 5.69. The first-order chi connectivity index (χ1) is 9.15. The summed E-state index contributed by atoms with van der Waals surface area (Å²) < 4.78 is 0. The highest BCUT2D eigenvalue weighted by molar-refractivity contribution is 5.66. The zero-order valence-electron chi connectivity index (χ0n) is 11.9. The van der Waals surface area contributed by atoms with E-state index in [0.717, 1.165) is 35.1 Å². The Bertz CT molecular complexity index is 578. The van der Waals surface area contributed by atoms with E-state index in [-0.39, 0.29) is 0 Å². The summed E-state index contributed by atoms with van der Waals surface area (Å²) >= 11 is 0. The summed E-state index contributed by atoms with van der Waals surface area (Å²) in [5.74, 6) is 2.58. The van der Waals surface area contributed by atoms with Crippen molar-refractivity contribution < 1.29 is 0 Å². The van der Waals surface area contributed by atoms with Crippen LogP contribution in [0.1, 0.15) is 23.9 Å². The van der Waals surface area contributed by atoms with Crippen molar-refractivity contribution in [3.8, 4) is 0 Å². The van der Waals surface area contributed by atoms with Crippen LogP contribution in [-0.4, -0.2) is 17.0 Å². The molecular weight excluding hydrogens is 236 g/mol. The smallest absolute Gasteiger partial charge is 0.139 e. The monoisotopic (exact) mass is 256 g/mol. The standard InChI is InChI=1S/C15H20N4/c1-5-13-18-14(16-4)11(3)15(19-13)17-12-9-7-6-8-10(12)2/h6-9H,5H2,1-4H3,(H2,16,17,18,19). The van der Waals surface area contributed by atoms with Crippen molar-refractivity contribution in [2.45, 2.75) is 27.2 Å². The molecule has 0 aliphatic rings. The highest BCUT2D eigenvalue weighted by Gasteiger charge is 2.10. The van der Waals surface area contributed by atoms with E-state index in [0.29, 0.717) is 0 Å². The lowest BCUT2D eigenvalue weighted by Gasteiger charge is -2.14. The Morgan fingerprint density at radius 2 is 1.74 bits per heavy atom. The van der Waals surface area contributed by atoms with Gasteiger partial charge in [-0.3, -0.25) is 0 Å². The third kappa shape index (κ3) is 2.84. The predicted octanol–water partition coefficient (Wildman–Crippen LogP) is 3.44. The average molecular weight is 256 g/mol. The number of aryl methyl sites for hydroxylation is 2. The topological polar surface area (TPSA) is 49.8 Å².